The van der Waals surface area contributed by atoms with E-state index in [-0.39, 0.29) is 0 Å². The second kappa shape index (κ2) is 7.29. The summed E-state index contributed by atoms with van der Waals surface area (Å²) in [6, 6.07) is 15.3. The lowest BCUT2D eigenvalue weighted by atomic mass is 9.80. The van der Waals surface area contributed by atoms with Gasteiger partial charge in [-0.3, -0.25) is 0 Å². The van der Waals surface area contributed by atoms with Crippen LogP contribution >= 0.6 is 0 Å². The minimum Gasteiger partial charge on any atom is -0.455 e. The van der Waals surface area contributed by atoms with Crippen LogP contribution in [0.4, 0.5) is 0 Å². The molecule has 2 aromatic carbocycles. The Morgan fingerprint density at radius 3 is 2.60 bits per heavy atom. The minimum atomic E-state index is 0.470. The van der Waals surface area contributed by atoms with E-state index in [2.05, 4.69) is 68.1 Å². The summed E-state index contributed by atoms with van der Waals surface area (Å²) in [5.74, 6) is 0.470. The second-order valence-corrected chi connectivity index (χ2v) is 8.72. The Balaban J connectivity index is 1.84. The van der Waals surface area contributed by atoms with Gasteiger partial charge in [0.2, 0.25) is 5.69 Å². The van der Waals surface area contributed by atoms with Crippen LogP contribution in [0.1, 0.15) is 60.3 Å². The summed E-state index contributed by atoms with van der Waals surface area (Å²) >= 11 is 0. The van der Waals surface area contributed by atoms with Gasteiger partial charge in [0.15, 0.2) is 6.20 Å². The lowest BCUT2D eigenvalue weighted by Crippen LogP contribution is -2.30. The summed E-state index contributed by atoms with van der Waals surface area (Å²) in [4.78, 5) is 0. The Bertz CT molecular complexity index is 1320. The molecule has 0 unspecified atom stereocenters. The zero-order valence-corrected chi connectivity index (χ0v) is 18.0. The average molecular weight is 396 g/mol. The van der Waals surface area contributed by atoms with Crippen LogP contribution in [0.25, 0.3) is 33.2 Å². The lowest BCUT2D eigenvalue weighted by molar-refractivity contribution is -0.660. The maximum atomic E-state index is 10.0. The molecule has 2 heterocycles. The van der Waals surface area contributed by atoms with E-state index >= 15 is 0 Å². The van der Waals surface area contributed by atoms with Crippen LogP contribution in [0.5, 0.6) is 0 Å². The first-order valence-electron chi connectivity index (χ1n) is 10.9. The Morgan fingerprint density at radius 2 is 1.87 bits per heavy atom. The van der Waals surface area contributed by atoms with Gasteiger partial charge < -0.3 is 4.42 Å². The number of pyridine rings is 1. The number of fused-ring (bicyclic) bond motifs is 3. The van der Waals surface area contributed by atoms with Crippen LogP contribution in [0, 0.1) is 25.2 Å². The van der Waals surface area contributed by atoms with Crippen LogP contribution in [-0.4, -0.2) is 0 Å². The Hall–Kier alpha value is -3.12. The van der Waals surface area contributed by atoms with Gasteiger partial charge in [-0.25, -0.2) is 4.57 Å². The molecule has 1 fully saturated rings. The summed E-state index contributed by atoms with van der Waals surface area (Å²) in [6.45, 7) is 4.22. The molecule has 0 aliphatic heterocycles. The van der Waals surface area contributed by atoms with Crippen LogP contribution in [0.2, 0.25) is 0 Å². The molecule has 4 aromatic rings. The second-order valence-electron chi connectivity index (χ2n) is 8.72. The summed E-state index contributed by atoms with van der Waals surface area (Å²) < 4.78 is 8.70. The van der Waals surface area contributed by atoms with Gasteiger partial charge in [-0.05, 0) is 61.4 Å². The number of benzene rings is 2. The van der Waals surface area contributed by atoms with Crippen molar-refractivity contribution in [2.45, 2.75) is 51.9 Å². The first kappa shape index (κ1) is 18.9. The van der Waals surface area contributed by atoms with Gasteiger partial charge in [0.05, 0.1) is 17.2 Å². The van der Waals surface area contributed by atoms with Crippen LogP contribution < -0.4 is 4.57 Å². The Morgan fingerprint density at radius 1 is 1.07 bits per heavy atom. The number of nitrogens with zero attached hydrogens (tertiary/aromatic N) is 2. The van der Waals surface area contributed by atoms with Crippen molar-refractivity contribution in [2.24, 2.45) is 7.05 Å². The van der Waals surface area contributed by atoms with Gasteiger partial charge >= 0.3 is 0 Å². The third-order valence-corrected chi connectivity index (χ3v) is 6.89. The van der Waals surface area contributed by atoms with Gasteiger partial charge in [0.25, 0.3) is 0 Å². The molecule has 1 saturated carbocycles. The van der Waals surface area contributed by atoms with Gasteiger partial charge in [0.1, 0.15) is 18.2 Å². The zero-order chi connectivity index (χ0) is 20.8. The summed E-state index contributed by atoms with van der Waals surface area (Å²) in [5, 5.41) is 12.2. The van der Waals surface area contributed by atoms with Crippen molar-refractivity contribution < 1.29 is 8.98 Å². The van der Waals surface area contributed by atoms with E-state index in [0.717, 1.165) is 44.3 Å². The van der Waals surface area contributed by atoms with Crippen molar-refractivity contribution in [3.63, 3.8) is 0 Å². The molecule has 0 radical (unpaired) electrons. The maximum absolute atomic E-state index is 10.0. The number of hydrogen-bond acceptors (Lipinski definition) is 2. The first-order valence-corrected chi connectivity index (χ1v) is 10.9. The number of hydrogen-bond donors (Lipinski definition) is 0. The van der Waals surface area contributed by atoms with E-state index in [0.29, 0.717) is 5.92 Å². The van der Waals surface area contributed by atoms with Crippen LogP contribution in [-0.2, 0) is 7.05 Å². The predicted molar refractivity (Wildman–Crippen MR) is 120 cm³/mol. The number of aryl methyl sites for hydroxylation is 3. The molecular weight excluding hydrogens is 368 g/mol. The van der Waals surface area contributed by atoms with Crippen LogP contribution in [0.15, 0.2) is 47.0 Å². The standard InChI is InChI=1S/C27H27N2O/c1-17-12-13-20-26-18(2)22(16-28)21(19-9-5-4-6-10-19)15-24(26)30-27(20)25(17)23-11-7-8-14-29(23)3/h7-8,11-15,19H,4-6,9-10H2,1-3H3/q+1. The molecule has 0 atom stereocenters. The van der Waals surface area contributed by atoms with E-state index in [1.165, 1.54) is 43.2 Å². The van der Waals surface area contributed by atoms with Crippen molar-refractivity contribution in [2.75, 3.05) is 0 Å². The van der Waals surface area contributed by atoms with Gasteiger partial charge in [-0.1, -0.05) is 31.4 Å². The summed E-state index contributed by atoms with van der Waals surface area (Å²) in [5.41, 5.74) is 8.37. The maximum Gasteiger partial charge on any atom is 0.216 e. The molecule has 150 valence electrons. The summed E-state index contributed by atoms with van der Waals surface area (Å²) in [6.07, 6.45) is 8.22. The highest BCUT2D eigenvalue weighted by atomic mass is 16.3. The largest absolute Gasteiger partial charge is 0.455 e. The predicted octanol–water partition coefficient (Wildman–Crippen LogP) is 6.61. The molecule has 3 nitrogen and oxygen atoms in total. The molecular formula is C27H27N2O+. The number of furan rings is 1. The molecule has 3 heteroatoms. The summed E-state index contributed by atoms with van der Waals surface area (Å²) in [7, 11) is 2.07. The van der Waals surface area contributed by atoms with E-state index in [9.17, 15) is 5.26 Å². The number of rotatable bonds is 2. The fourth-order valence-corrected chi connectivity index (χ4v) is 5.31. The average Bonchev–Trinajstić information content (AvgIpc) is 3.14. The highest BCUT2D eigenvalue weighted by Gasteiger charge is 2.25. The van der Waals surface area contributed by atoms with Crippen molar-refractivity contribution in [1.82, 2.24) is 0 Å². The van der Waals surface area contributed by atoms with Gasteiger partial charge in [0, 0.05) is 22.9 Å². The molecule has 30 heavy (non-hydrogen) atoms. The van der Waals surface area contributed by atoms with Crippen molar-refractivity contribution >= 4 is 21.9 Å². The van der Waals surface area contributed by atoms with Crippen LogP contribution in [0.3, 0.4) is 0 Å². The molecule has 0 N–H and O–H groups in total. The molecule has 1 aliphatic carbocycles. The Kier molecular flexibility index (Phi) is 4.59. The van der Waals surface area contributed by atoms with Crippen molar-refractivity contribution in [3.8, 4) is 17.3 Å². The number of aromatic nitrogens is 1. The molecule has 0 saturated heterocycles. The normalized spacial score (nSPS) is 15.0. The highest BCUT2D eigenvalue weighted by Crippen LogP contribution is 2.43. The Labute approximate surface area is 177 Å². The molecule has 2 aromatic heterocycles. The number of nitriles is 1. The SMILES string of the molecule is Cc1ccc2c(oc3cc(C4CCCCC4)c(C#N)c(C)c32)c1-c1cccc[n+]1C. The molecule has 0 spiro atoms. The van der Waals surface area contributed by atoms with Crippen molar-refractivity contribution in [3.05, 3.63) is 64.8 Å². The van der Waals surface area contributed by atoms with Crippen molar-refractivity contribution in [1.29, 1.82) is 5.26 Å². The third-order valence-electron chi connectivity index (χ3n) is 6.89. The van der Waals surface area contributed by atoms with Gasteiger partial charge in [-0.15, -0.1) is 0 Å². The lowest BCUT2D eigenvalue weighted by Gasteiger charge is -2.23. The zero-order valence-electron chi connectivity index (χ0n) is 18.0. The minimum absolute atomic E-state index is 0.470. The fraction of sp³-hybridized carbons (Fsp3) is 0.333. The van der Waals surface area contributed by atoms with E-state index in [1.807, 2.05) is 6.07 Å². The smallest absolute Gasteiger partial charge is 0.216 e. The van der Waals surface area contributed by atoms with E-state index in [4.69, 9.17) is 4.42 Å². The quantitative estimate of drug-likeness (QED) is 0.358. The molecule has 1 aliphatic rings. The van der Waals surface area contributed by atoms with E-state index < -0.39 is 0 Å². The highest BCUT2D eigenvalue weighted by molar-refractivity contribution is 6.11. The molecule has 0 amide bonds. The third kappa shape index (κ3) is 2.82. The molecule has 5 rings (SSSR count). The fourth-order valence-electron chi connectivity index (χ4n) is 5.31. The van der Waals surface area contributed by atoms with E-state index in [1.54, 1.807) is 0 Å². The molecule has 0 bridgehead atoms. The van der Waals surface area contributed by atoms with Gasteiger partial charge in [-0.2, -0.15) is 5.26 Å². The monoisotopic (exact) mass is 395 g/mol. The topological polar surface area (TPSA) is 40.8 Å². The first-order chi connectivity index (χ1) is 14.6.